The molecule has 4 nitrogen and oxygen atoms in total. The van der Waals surface area contributed by atoms with E-state index >= 15 is 0 Å². The first-order valence-electron chi connectivity index (χ1n) is 13.2. The van der Waals surface area contributed by atoms with E-state index in [2.05, 4.69) is 56.3 Å². The summed E-state index contributed by atoms with van der Waals surface area (Å²) in [5.41, 5.74) is 4.88. The summed E-state index contributed by atoms with van der Waals surface area (Å²) in [6.45, 7) is 4.40. The zero-order valence-electron chi connectivity index (χ0n) is 21.3. The largest absolute Gasteiger partial charge is 0.454 e. The van der Waals surface area contributed by atoms with Gasteiger partial charge in [-0.25, -0.2) is 9.59 Å². The van der Waals surface area contributed by atoms with Gasteiger partial charge in [0.2, 0.25) is 0 Å². The highest BCUT2D eigenvalue weighted by Crippen LogP contribution is 2.76. The Labute approximate surface area is 222 Å². The van der Waals surface area contributed by atoms with Gasteiger partial charge in [-0.2, -0.15) is 0 Å². The Hall–Kier alpha value is -4.18. The second kappa shape index (κ2) is 8.16. The van der Waals surface area contributed by atoms with Crippen molar-refractivity contribution in [3.05, 3.63) is 143 Å². The normalized spacial score (nSPS) is 29.7. The molecule has 0 amide bonds. The molecule has 7 rings (SSSR count). The minimum atomic E-state index is -0.654. The SMILES string of the molecule is CC1c2ccccc2C23c4ccccc4C2(C)C(OC(=O)c2ccccc2)C(OC(=O)c2ccccc2)[C@H]13. The van der Waals surface area contributed by atoms with E-state index < -0.39 is 35.0 Å². The number of esters is 2. The molecule has 38 heavy (non-hydrogen) atoms. The van der Waals surface area contributed by atoms with Crippen LogP contribution in [-0.2, 0) is 20.3 Å². The monoisotopic (exact) mass is 500 g/mol. The number of ether oxygens (including phenoxy) is 2. The third kappa shape index (κ3) is 2.75. The van der Waals surface area contributed by atoms with Crippen LogP contribution in [-0.4, -0.2) is 24.1 Å². The van der Waals surface area contributed by atoms with Crippen LogP contribution in [0.25, 0.3) is 0 Å². The summed E-state index contributed by atoms with van der Waals surface area (Å²) >= 11 is 0. The molecule has 1 fully saturated rings. The van der Waals surface area contributed by atoms with Gasteiger partial charge < -0.3 is 9.47 Å². The zero-order chi connectivity index (χ0) is 26.1. The fourth-order valence-electron chi connectivity index (χ4n) is 7.93. The van der Waals surface area contributed by atoms with Crippen LogP contribution in [0, 0.1) is 5.92 Å². The highest BCUT2D eigenvalue weighted by Gasteiger charge is 2.80. The molecular formula is C34H28O4. The quantitative estimate of drug-likeness (QED) is 0.303. The van der Waals surface area contributed by atoms with Crippen LogP contribution in [0.3, 0.4) is 0 Å². The molecule has 4 heteroatoms. The number of rotatable bonds is 4. The Kier molecular flexibility index (Phi) is 4.93. The molecule has 6 atom stereocenters. The smallest absolute Gasteiger partial charge is 0.338 e. The first-order valence-corrected chi connectivity index (χ1v) is 13.2. The maximum Gasteiger partial charge on any atom is 0.338 e. The Bertz CT molecular complexity index is 1560. The summed E-state index contributed by atoms with van der Waals surface area (Å²) in [6, 6.07) is 35.1. The Morgan fingerprint density at radius 3 is 1.76 bits per heavy atom. The van der Waals surface area contributed by atoms with E-state index in [9.17, 15) is 9.59 Å². The van der Waals surface area contributed by atoms with Crippen LogP contribution in [0.15, 0.2) is 109 Å². The predicted molar refractivity (Wildman–Crippen MR) is 144 cm³/mol. The van der Waals surface area contributed by atoms with Crippen molar-refractivity contribution in [1.82, 2.24) is 0 Å². The van der Waals surface area contributed by atoms with Gasteiger partial charge in [0.15, 0.2) is 0 Å². The van der Waals surface area contributed by atoms with E-state index in [0.717, 1.165) is 5.56 Å². The number of fused-ring (bicyclic) bond motifs is 3. The summed E-state index contributed by atoms with van der Waals surface area (Å²) in [4.78, 5) is 27.0. The summed E-state index contributed by atoms with van der Waals surface area (Å²) in [7, 11) is 0. The minimum Gasteiger partial charge on any atom is -0.454 e. The van der Waals surface area contributed by atoms with E-state index in [1.807, 2.05) is 42.5 Å². The third-order valence-electron chi connectivity index (χ3n) is 9.36. The van der Waals surface area contributed by atoms with Crippen LogP contribution in [0.1, 0.15) is 62.7 Å². The summed E-state index contributed by atoms with van der Waals surface area (Å²) in [5.74, 6) is -0.782. The summed E-state index contributed by atoms with van der Waals surface area (Å²) < 4.78 is 12.8. The maximum atomic E-state index is 13.5. The van der Waals surface area contributed by atoms with Crippen LogP contribution in [0.4, 0.5) is 0 Å². The fraction of sp³-hybridized carbons (Fsp3) is 0.235. The van der Waals surface area contributed by atoms with Crippen molar-refractivity contribution in [1.29, 1.82) is 0 Å². The van der Waals surface area contributed by atoms with Crippen molar-refractivity contribution in [2.45, 2.75) is 42.8 Å². The van der Waals surface area contributed by atoms with Crippen molar-refractivity contribution in [3.63, 3.8) is 0 Å². The third-order valence-corrected chi connectivity index (χ3v) is 9.36. The van der Waals surface area contributed by atoms with Gasteiger partial charge in [-0.15, -0.1) is 0 Å². The van der Waals surface area contributed by atoms with E-state index in [1.165, 1.54) is 16.7 Å². The first-order chi connectivity index (χ1) is 18.5. The number of carbonyl (C=O) groups excluding carboxylic acids is 2. The van der Waals surface area contributed by atoms with E-state index in [0.29, 0.717) is 11.1 Å². The van der Waals surface area contributed by atoms with Gasteiger partial charge in [0.25, 0.3) is 0 Å². The van der Waals surface area contributed by atoms with Crippen molar-refractivity contribution in [2.24, 2.45) is 5.92 Å². The molecule has 3 aliphatic rings. The molecule has 5 unspecified atom stereocenters. The van der Waals surface area contributed by atoms with Gasteiger partial charge in [0, 0.05) is 16.7 Å². The molecule has 0 radical (unpaired) electrons. The van der Waals surface area contributed by atoms with E-state index in [4.69, 9.17) is 9.47 Å². The van der Waals surface area contributed by atoms with Crippen molar-refractivity contribution >= 4 is 11.9 Å². The molecule has 0 saturated heterocycles. The molecule has 0 heterocycles. The zero-order valence-corrected chi connectivity index (χ0v) is 21.3. The van der Waals surface area contributed by atoms with Crippen LogP contribution >= 0.6 is 0 Å². The van der Waals surface area contributed by atoms with Gasteiger partial charge in [0.05, 0.1) is 11.1 Å². The molecular weight excluding hydrogens is 472 g/mol. The van der Waals surface area contributed by atoms with E-state index in [-0.39, 0.29) is 11.8 Å². The van der Waals surface area contributed by atoms with Gasteiger partial charge in [-0.1, -0.05) is 98.8 Å². The van der Waals surface area contributed by atoms with Crippen molar-refractivity contribution in [2.75, 3.05) is 0 Å². The number of hydrogen-bond donors (Lipinski definition) is 0. The summed E-state index contributed by atoms with van der Waals surface area (Å²) in [5, 5.41) is 0. The standard InChI is InChI=1S/C34H28O4/c1-21-24-17-9-10-18-25(24)34-27-20-12-11-19-26(27)33(34,2)30(38-32(36)23-15-7-4-8-16-23)29(28(21)34)37-31(35)22-13-5-3-6-14-22/h3-21,28-30H,1-2H3/t21?,28-,29?,30?,33?,34?/m0/s1. The molecule has 1 spiro atoms. The molecule has 0 aromatic heterocycles. The molecule has 0 N–H and O–H groups in total. The lowest BCUT2D eigenvalue weighted by atomic mass is 9.45. The number of benzene rings is 4. The van der Waals surface area contributed by atoms with Gasteiger partial charge >= 0.3 is 11.9 Å². The lowest BCUT2D eigenvalue weighted by Crippen LogP contribution is -2.60. The second-order valence-electron chi connectivity index (χ2n) is 10.9. The van der Waals surface area contributed by atoms with Gasteiger partial charge in [-0.05, 0) is 52.4 Å². The average Bonchev–Trinajstić information content (AvgIpc) is 3.34. The predicted octanol–water partition coefficient (Wildman–Crippen LogP) is 6.44. The average molecular weight is 501 g/mol. The molecule has 0 bridgehead atoms. The van der Waals surface area contributed by atoms with Crippen molar-refractivity contribution < 1.29 is 19.1 Å². The van der Waals surface area contributed by atoms with Crippen LogP contribution in [0.5, 0.6) is 0 Å². The topological polar surface area (TPSA) is 52.6 Å². The fourth-order valence-corrected chi connectivity index (χ4v) is 7.93. The second-order valence-corrected chi connectivity index (χ2v) is 10.9. The lowest BCUT2D eigenvalue weighted by molar-refractivity contribution is -0.0506. The first kappa shape index (κ1) is 23.0. The van der Waals surface area contributed by atoms with Gasteiger partial charge in [0.1, 0.15) is 12.2 Å². The highest BCUT2D eigenvalue weighted by molar-refractivity contribution is 5.91. The van der Waals surface area contributed by atoms with E-state index in [1.54, 1.807) is 24.3 Å². The molecule has 3 aliphatic carbocycles. The van der Waals surface area contributed by atoms with Crippen LogP contribution in [0.2, 0.25) is 0 Å². The minimum absolute atomic E-state index is 0.0824. The maximum absolute atomic E-state index is 13.5. The Balaban J connectivity index is 1.41. The molecule has 1 saturated carbocycles. The van der Waals surface area contributed by atoms with Gasteiger partial charge in [-0.3, -0.25) is 0 Å². The summed E-state index contributed by atoms with van der Waals surface area (Å²) in [6.07, 6.45) is -1.28. The number of hydrogen-bond acceptors (Lipinski definition) is 4. The lowest BCUT2D eigenvalue weighted by Gasteiger charge is -2.57. The van der Waals surface area contributed by atoms with Crippen LogP contribution < -0.4 is 0 Å². The van der Waals surface area contributed by atoms with Crippen molar-refractivity contribution in [3.8, 4) is 0 Å². The Morgan fingerprint density at radius 2 is 1.13 bits per heavy atom. The Morgan fingerprint density at radius 1 is 0.632 bits per heavy atom. The molecule has 4 aromatic carbocycles. The molecule has 188 valence electrons. The highest BCUT2D eigenvalue weighted by atomic mass is 16.6. The number of carbonyl (C=O) groups is 2. The molecule has 4 aromatic rings. The molecule has 0 aliphatic heterocycles.